The zero-order valence-electron chi connectivity index (χ0n) is 15.6. The Morgan fingerprint density at radius 2 is 1.75 bits per heavy atom. The molecule has 0 saturated heterocycles. The Balaban J connectivity index is 2.07. The molecule has 2 rings (SSSR count). The molecule has 0 spiro atoms. The number of hydrogen-bond acceptors (Lipinski definition) is 1. The molecule has 2 aromatic rings. The van der Waals surface area contributed by atoms with Crippen LogP contribution in [-0.4, -0.2) is 0 Å². The fraction of sp³-hybridized carbons (Fsp3) is 0.304. The molecule has 0 amide bonds. The summed E-state index contributed by atoms with van der Waals surface area (Å²) >= 11 is 0. The van der Waals surface area contributed by atoms with E-state index in [4.69, 9.17) is 0 Å². The molecular weight excluding hydrogens is 290 g/mol. The highest BCUT2D eigenvalue weighted by Gasteiger charge is 2.04. The Hall–Kier alpha value is -2.28. The van der Waals surface area contributed by atoms with E-state index in [2.05, 4.69) is 101 Å². The lowest BCUT2D eigenvalue weighted by Crippen LogP contribution is -1.99. The lowest BCUT2D eigenvalue weighted by molar-refractivity contribution is 0.547. The molecule has 0 saturated carbocycles. The number of aryl methyl sites for hydroxylation is 2. The summed E-state index contributed by atoms with van der Waals surface area (Å²) in [6.45, 7) is 15.1. The van der Waals surface area contributed by atoms with Gasteiger partial charge in [0.15, 0.2) is 0 Å². The largest absolute Gasteiger partial charge is 0.356 e. The van der Waals surface area contributed by atoms with Gasteiger partial charge in [0.1, 0.15) is 0 Å². The Kier molecular flexibility index (Phi) is 5.66. The quantitative estimate of drug-likeness (QED) is 0.646. The molecule has 0 aliphatic heterocycles. The zero-order valence-corrected chi connectivity index (χ0v) is 15.6. The van der Waals surface area contributed by atoms with Crippen molar-refractivity contribution in [2.45, 2.75) is 41.0 Å². The normalized spacial score (nSPS) is 11.7. The van der Waals surface area contributed by atoms with Crippen molar-refractivity contribution >= 4 is 17.5 Å². The van der Waals surface area contributed by atoms with Crippen LogP contribution in [0.4, 0.5) is 5.69 Å². The average molecular weight is 319 g/mol. The van der Waals surface area contributed by atoms with Gasteiger partial charge in [0.25, 0.3) is 0 Å². The number of hydrogen-bond donors (Lipinski definition) is 1. The van der Waals surface area contributed by atoms with Crippen LogP contribution >= 0.6 is 0 Å². The molecule has 1 N–H and O–H groups in total. The smallest absolute Gasteiger partial charge is 0.0387 e. The highest BCUT2D eigenvalue weighted by Crippen LogP contribution is 2.22. The van der Waals surface area contributed by atoms with E-state index in [9.17, 15) is 0 Å². The minimum atomic E-state index is 0.201. The van der Waals surface area contributed by atoms with Crippen LogP contribution in [-0.2, 0) is 6.42 Å². The fourth-order valence-corrected chi connectivity index (χ4v) is 2.56. The van der Waals surface area contributed by atoms with Gasteiger partial charge in [-0.3, -0.25) is 0 Å². The van der Waals surface area contributed by atoms with E-state index in [1.54, 1.807) is 0 Å². The van der Waals surface area contributed by atoms with Gasteiger partial charge in [-0.2, -0.15) is 0 Å². The summed E-state index contributed by atoms with van der Waals surface area (Å²) in [4.78, 5) is 0. The third kappa shape index (κ3) is 5.13. The van der Waals surface area contributed by atoms with E-state index < -0.39 is 0 Å². The van der Waals surface area contributed by atoms with Gasteiger partial charge in [-0.1, -0.05) is 76.8 Å². The first-order valence-corrected chi connectivity index (χ1v) is 8.63. The Morgan fingerprint density at radius 1 is 1.08 bits per heavy atom. The number of allylic oxidation sites excluding steroid dienone is 1. The topological polar surface area (TPSA) is 12.0 Å². The molecule has 0 bridgehead atoms. The molecule has 0 radical (unpaired) electrons. The summed E-state index contributed by atoms with van der Waals surface area (Å²) in [6, 6.07) is 15.0. The van der Waals surface area contributed by atoms with E-state index in [0.717, 1.165) is 23.4 Å². The van der Waals surface area contributed by atoms with Gasteiger partial charge in [-0.15, -0.1) is 0 Å². The molecule has 126 valence electrons. The van der Waals surface area contributed by atoms with Gasteiger partial charge >= 0.3 is 0 Å². The molecule has 0 aliphatic rings. The van der Waals surface area contributed by atoms with Crippen LogP contribution in [0.15, 0.2) is 55.1 Å². The number of nitrogens with one attached hydrogen (secondary N) is 1. The first-order chi connectivity index (χ1) is 11.3. The molecule has 2 aromatic carbocycles. The van der Waals surface area contributed by atoms with E-state index in [0.29, 0.717) is 0 Å². The van der Waals surface area contributed by atoms with Gasteiger partial charge in [0.05, 0.1) is 0 Å². The molecule has 1 heteroatoms. The van der Waals surface area contributed by atoms with E-state index >= 15 is 0 Å². The maximum absolute atomic E-state index is 4.18. The van der Waals surface area contributed by atoms with Crippen LogP contribution in [0.1, 0.15) is 49.9 Å². The fourth-order valence-electron chi connectivity index (χ4n) is 2.56. The number of benzene rings is 2. The molecule has 0 heterocycles. The van der Waals surface area contributed by atoms with Crippen molar-refractivity contribution in [2.75, 3.05) is 5.32 Å². The van der Waals surface area contributed by atoms with Gasteiger partial charge < -0.3 is 5.32 Å². The zero-order chi connectivity index (χ0) is 17.7. The molecular formula is C23H29N. The van der Waals surface area contributed by atoms with Crippen molar-refractivity contribution in [3.05, 3.63) is 77.4 Å². The van der Waals surface area contributed by atoms with Crippen molar-refractivity contribution in [2.24, 2.45) is 5.41 Å². The van der Waals surface area contributed by atoms with Crippen LogP contribution in [0.25, 0.3) is 11.8 Å². The molecule has 0 aromatic heterocycles. The summed E-state index contributed by atoms with van der Waals surface area (Å²) < 4.78 is 0. The summed E-state index contributed by atoms with van der Waals surface area (Å²) in [5, 5.41) is 3.41. The maximum Gasteiger partial charge on any atom is 0.0387 e. The van der Waals surface area contributed by atoms with Crippen LogP contribution in [0.5, 0.6) is 0 Å². The first-order valence-electron chi connectivity index (χ1n) is 8.63. The molecule has 0 fully saturated rings. The minimum absolute atomic E-state index is 0.201. The predicted octanol–water partition coefficient (Wildman–Crippen LogP) is 6.70. The summed E-state index contributed by atoms with van der Waals surface area (Å²) in [5.74, 6) is 0. The third-order valence-corrected chi connectivity index (χ3v) is 4.05. The highest BCUT2D eigenvalue weighted by molar-refractivity contribution is 5.76. The average Bonchev–Trinajstić information content (AvgIpc) is 2.53. The Morgan fingerprint density at radius 3 is 2.29 bits per heavy atom. The van der Waals surface area contributed by atoms with E-state index in [-0.39, 0.29) is 5.41 Å². The van der Waals surface area contributed by atoms with Gasteiger partial charge in [0, 0.05) is 11.4 Å². The summed E-state index contributed by atoms with van der Waals surface area (Å²) in [7, 11) is 0. The van der Waals surface area contributed by atoms with Crippen LogP contribution in [0.3, 0.4) is 0 Å². The standard InChI is InChI=1S/C23H29N/c1-7-20-12-13-22(16-17(20)2)24-18(3)21-10-8-19(9-11-21)14-15-23(4,5)6/h8-16,24H,3,7H2,1-2,4-6H3/b15-14+. The van der Waals surface area contributed by atoms with Gasteiger partial charge in [0.2, 0.25) is 0 Å². The highest BCUT2D eigenvalue weighted by atomic mass is 14.9. The lowest BCUT2D eigenvalue weighted by Gasteiger charge is -2.13. The van der Waals surface area contributed by atoms with E-state index in [1.807, 2.05) is 0 Å². The van der Waals surface area contributed by atoms with Crippen LogP contribution in [0, 0.1) is 12.3 Å². The minimum Gasteiger partial charge on any atom is -0.356 e. The van der Waals surface area contributed by atoms with Crippen molar-refractivity contribution in [1.82, 2.24) is 0 Å². The second kappa shape index (κ2) is 7.53. The summed E-state index contributed by atoms with van der Waals surface area (Å²) in [6.07, 6.45) is 5.47. The maximum atomic E-state index is 4.18. The van der Waals surface area contributed by atoms with Crippen LogP contribution in [0.2, 0.25) is 0 Å². The third-order valence-electron chi connectivity index (χ3n) is 4.05. The molecule has 0 unspecified atom stereocenters. The van der Waals surface area contributed by atoms with Gasteiger partial charge in [-0.05, 0) is 53.1 Å². The molecule has 0 aliphatic carbocycles. The van der Waals surface area contributed by atoms with Gasteiger partial charge in [-0.25, -0.2) is 0 Å². The number of anilines is 1. The second-order valence-corrected chi connectivity index (χ2v) is 7.42. The SMILES string of the molecule is C=C(Nc1ccc(CC)c(C)c1)c1ccc(/C=C/C(C)(C)C)cc1. The number of rotatable bonds is 5. The van der Waals surface area contributed by atoms with Crippen molar-refractivity contribution < 1.29 is 0 Å². The van der Waals surface area contributed by atoms with Crippen LogP contribution < -0.4 is 5.32 Å². The first kappa shape index (κ1) is 18.1. The monoisotopic (exact) mass is 319 g/mol. The van der Waals surface area contributed by atoms with E-state index in [1.165, 1.54) is 16.7 Å². The molecule has 0 atom stereocenters. The lowest BCUT2D eigenvalue weighted by atomic mass is 9.95. The summed E-state index contributed by atoms with van der Waals surface area (Å²) in [5.41, 5.74) is 7.24. The Labute approximate surface area is 147 Å². The Bertz CT molecular complexity index is 728. The molecule has 24 heavy (non-hydrogen) atoms. The second-order valence-electron chi connectivity index (χ2n) is 7.42. The van der Waals surface area contributed by atoms with Crippen molar-refractivity contribution in [1.29, 1.82) is 0 Å². The molecule has 1 nitrogen and oxygen atoms in total. The van der Waals surface area contributed by atoms with Crippen molar-refractivity contribution in [3.63, 3.8) is 0 Å². The predicted molar refractivity (Wildman–Crippen MR) is 108 cm³/mol. The van der Waals surface area contributed by atoms with Crippen molar-refractivity contribution in [3.8, 4) is 0 Å².